The fraction of sp³-hybridized carbons (Fsp3) is 0.190. The number of hydrogen-bond donors (Lipinski definition) is 1. The first-order valence-corrected chi connectivity index (χ1v) is 9.58. The Hall–Kier alpha value is -3.06. The second-order valence-electron chi connectivity index (χ2n) is 7.18. The summed E-state index contributed by atoms with van der Waals surface area (Å²) in [7, 11) is 0. The van der Waals surface area contributed by atoms with E-state index in [1.807, 2.05) is 16.7 Å². The van der Waals surface area contributed by atoms with Crippen molar-refractivity contribution in [3.8, 4) is 11.4 Å². The van der Waals surface area contributed by atoms with Gasteiger partial charge in [-0.2, -0.15) is 0 Å². The molecule has 0 bridgehead atoms. The van der Waals surface area contributed by atoms with Crippen molar-refractivity contribution >= 4 is 22.8 Å². The summed E-state index contributed by atoms with van der Waals surface area (Å²) in [4.78, 5) is 24.5. The minimum Gasteiger partial charge on any atom is -0.308 e. The van der Waals surface area contributed by atoms with E-state index in [0.717, 1.165) is 24.5 Å². The van der Waals surface area contributed by atoms with Crippen molar-refractivity contribution in [1.29, 1.82) is 0 Å². The zero-order valence-corrected chi connectivity index (χ0v) is 15.9. The lowest BCUT2D eigenvalue weighted by Gasteiger charge is -2.08. The van der Waals surface area contributed by atoms with Gasteiger partial charge in [-0.1, -0.05) is 11.6 Å². The summed E-state index contributed by atoms with van der Waals surface area (Å²) in [6.07, 6.45) is 2.06. The monoisotopic (exact) mass is 412 g/mol. The number of nitrogens with one attached hydrogen (secondary N) is 1. The highest BCUT2D eigenvalue weighted by Crippen LogP contribution is 2.40. The van der Waals surface area contributed by atoms with Gasteiger partial charge >= 0.3 is 0 Å². The number of hydrogen-bond acceptors (Lipinski definition) is 3. The van der Waals surface area contributed by atoms with Crippen LogP contribution >= 0.6 is 11.6 Å². The summed E-state index contributed by atoms with van der Waals surface area (Å²) in [5, 5.41) is 0.614. The molecule has 0 aliphatic heterocycles. The summed E-state index contributed by atoms with van der Waals surface area (Å²) in [6, 6.07) is 10.7. The van der Waals surface area contributed by atoms with E-state index in [1.54, 1.807) is 12.1 Å². The van der Waals surface area contributed by atoms with E-state index in [0.29, 0.717) is 27.9 Å². The molecule has 0 atom stereocenters. The maximum Gasteiger partial charge on any atom is 0.279 e. The van der Waals surface area contributed by atoms with Crippen LogP contribution in [-0.2, 0) is 6.42 Å². The topological polar surface area (TPSA) is 63.6 Å². The van der Waals surface area contributed by atoms with Crippen molar-refractivity contribution in [3.05, 3.63) is 80.9 Å². The second-order valence-corrected chi connectivity index (χ2v) is 7.62. The molecule has 29 heavy (non-hydrogen) atoms. The highest BCUT2D eigenvalue weighted by atomic mass is 35.5. The Morgan fingerprint density at radius 3 is 2.41 bits per heavy atom. The van der Waals surface area contributed by atoms with Gasteiger partial charge < -0.3 is 9.55 Å². The average Bonchev–Trinajstić information content (AvgIpc) is 3.42. The standard InChI is InChI=1S/C21H15ClF2N4O/c22-13-3-1-12(2-4-13)19-27-18-20(28(19)16-5-6-16)25-17(26-21(18)29)9-11-7-14(23)10-15(24)8-11/h1-4,7-8,10,16H,5-6,9H2,(H,25,26,29). The number of rotatable bonds is 4. The van der Waals surface area contributed by atoms with Gasteiger partial charge in [0.15, 0.2) is 11.2 Å². The molecule has 5 nitrogen and oxygen atoms in total. The smallest absolute Gasteiger partial charge is 0.279 e. The predicted octanol–water partition coefficient (Wildman–Crippen LogP) is 4.64. The van der Waals surface area contributed by atoms with Gasteiger partial charge in [0.2, 0.25) is 0 Å². The van der Waals surface area contributed by atoms with Crippen LogP contribution in [0.15, 0.2) is 47.3 Å². The van der Waals surface area contributed by atoms with Crippen molar-refractivity contribution in [2.45, 2.75) is 25.3 Å². The first-order chi connectivity index (χ1) is 14.0. The molecule has 0 spiro atoms. The quantitative estimate of drug-likeness (QED) is 0.531. The third kappa shape index (κ3) is 3.42. The molecular formula is C21H15ClF2N4O. The van der Waals surface area contributed by atoms with Crippen LogP contribution in [0.1, 0.15) is 30.3 Å². The molecule has 0 radical (unpaired) electrons. The van der Waals surface area contributed by atoms with E-state index in [-0.39, 0.29) is 23.5 Å². The molecule has 2 aromatic heterocycles. The maximum absolute atomic E-state index is 13.5. The molecule has 8 heteroatoms. The number of H-pyrrole nitrogens is 1. The Morgan fingerprint density at radius 2 is 1.76 bits per heavy atom. The molecular weight excluding hydrogens is 398 g/mol. The maximum atomic E-state index is 13.5. The Kier molecular flexibility index (Phi) is 4.20. The number of aromatic amines is 1. The number of fused-ring (bicyclic) bond motifs is 1. The molecule has 1 N–H and O–H groups in total. The van der Waals surface area contributed by atoms with E-state index in [4.69, 9.17) is 11.6 Å². The van der Waals surface area contributed by atoms with Crippen molar-refractivity contribution < 1.29 is 8.78 Å². The minimum atomic E-state index is -0.670. The number of halogens is 3. The van der Waals surface area contributed by atoms with Crippen LogP contribution in [-0.4, -0.2) is 19.5 Å². The van der Waals surface area contributed by atoms with Gasteiger partial charge in [-0.3, -0.25) is 4.79 Å². The SMILES string of the molecule is O=c1[nH]c(Cc2cc(F)cc(F)c2)nc2c1nc(-c1ccc(Cl)cc1)n2C1CC1. The van der Waals surface area contributed by atoms with E-state index in [1.165, 1.54) is 12.1 Å². The van der Waals surface area contributed by atoms with Crippen molar-refractivity contribution in [1.82, 2.24) is 19.5 Å². The van der Waals surface area contributed by atoms with Crippen molar-refractivity contribution in [2.75, 3.05) is 0 Å². The Bertz CT molecular complexity index is 1270. The highest BCUT2D eigenvalue weighted by molar-refractivity contribution is 6.30. The predicted molar refractivity (Wildman–Crippen MR) is 106 cm³/mol. The largest absolute Gasteiger partial charge is 0.308 e. The summed E-state index contributed by atoms with van der Waals surface area (Å²) >= 11 is 5.99. The third-order valence-electron chi connectivity index (χ3n) is 4.91. The first-order valence-electron chi connectivity index (χ1n) is 9.20. The van der Waals surface area contributed by atoms with Crippen LogP contribution in [0, 0.1) is 11.6 Å². The van der Waals surface area contributed by atoms with Crippen LogP contribution in [0.25, 0.3) is 22.6 Å². The van der Waals surface area contributed by atoms with Gasteiger partial charge in [-0.15, -0.1) is 0 Å². The Balaban J connectivity index is 1.65. The molecule has 2 aromatic carbocycles. The zero-order chi connectivity index (χ0) is 20.1. The molecule has 5 rings (SSSR count). The first kappa shape index (κ1) is 18.0. The lowest BCUT2D eigenvalue weighted by atomic mass is 10.1. The lowest BCUT2D eigenvalue weighted by molar-refractivity contribution is 0.580. The van der Waals surface area contributed by atoms with Crippen LogP contribution in [0.2, 0.25) is 5.02 Å². The summed E-state index contributed by atoms with van der Waals surface area (Å²) in [5.41, 5.74) is 1.58. The number of aromatic nitrogens is 4. The van der Waals surface area contributed by atoms with E-state index in [2.05, 4.69) is 15.0 Å². The molecule has 0 amide bonds. The summed E-state index contributed by atoms with van der Waals surface area (Å²) in [6.45, 7) is 0. The van der Waals surface area contributed by atoms with Crippen molar-refractivity contribution in [3.63, 3.8) is 0 Å². The molecule has 0 unspecified atom stereocenters. The van der Waals surface area contributed by atoms with Crippen LogP contribution in [0.5, 0.6) is 0 Å². The van der Waals surface area contributed by atoms with Gasteiger partial charge in [-0.05, 0) is 54.8 Å². The summed E-state index contributed by atoms with van der Waals surface area (Å²) < 4.78 is 29.0. The van der Waals surface area contributed by atoms with Crippen LogP contribution < -0.4 is 5.56 Å². The normalized spacial score (nSPS) is 13.9. The number of benzene rings is 2. The lowest BCUT2D eigenvalue weighted by Crippen LogP contribution is -2.13. The van der Waals surface area contributed by atoms with Crippen molar-refractivity contribution in [2.24, 2.45) is 0 Å². The Labute approximate surface area is 169 Å². The molecule has 1 aliphatic carbocycles. The van der Waals surface area contributed by atoms with Gasteiger partial charge in [0.1, 0.15) is 23.3 Å². The fourth-order valence-electron chi connectivity index (χ4n) is 3.50. The molecule has 1 fully saturated rings. The van der Waals surface area contributed by atoms with Crippen LogP contribution in [0.4, 0.5) is 8.78 Å². The van der Waals surface area contributed by atoms with Gasteiger partial charge in [0.05, 0.1) is 0 Å². The summed E-state index contributed by atoms with van der Waals surface area (Å²) in [5.74, 6) is -0.351. The molecule has 2 heterocycles. The fourth-order valence-corrected chi connectivity index (χ4v) is 3.63. The van der Waals surface area contributed by atoms with Gasteiger partial charge in [-0.25, -0.2) is 18.7 Å². The molecule has 0 saturated heterocycles. The second kappa shape index (κ2) is 6.77. The van der Waals surface area contributed by atoms with E-state index in [9.17, 15) is 13.6 Å². The van der Waals surface area contributed by atoms with Crippen LogP contribution in [0.3, 0.4) is 0 Å². The average molecular weight is 413 g/mol. The highest BCUT2D eigenvalue weighted by Gasteiger charge is 2.30. The zero-order valence-electron chi connectivity index (χ0n) is 15.1. The van der Waals surface area contributed by atoms with E-state index < -0.39 is 11.6 Å². The molecule has 1 saturated carbocycles. The molecule has 146 valence electrons. The van der Waals surface area contributed by atoms with Gasteiger partial charge in [0.25, 0.3) is 5.56 Å². The molecule has 4 aromatic rings. The minimum absolute atomic E-state index is 0.103. The molecule has 1 aliphatic rings. The number of nitrogens with zero attached hydrogens (tertiary/aromatic N) is 3. The Morgan fingerprint density at radius 1 is 1.07 bits per heavy atom. The van der Waals surface area contributed by atoms with Gasteiger partial charge in [0, 0.05) is 29.1 Å². The third-order valence-corrected chi connectivity index (χ3v) is 5.16. The van der Waals surface area contributed by atoms with E-state index >= 15 is 0 Å². The number of imidazole rings is 1.